The van der Waals surface area contributed by atoms with Crippen LogP contribution in [0.4, 0.5) is 0 Å². The van der Waals surface area contributed by atoms with Gasteiger partial charge >= 0.3 is 0 Å². The number of aliphatic hydroxyl groups is 2. The number of piperidine rings is 1. The Hall–Kier alpha value is -1.16. The third-order valence-corrected chi connectivity index (χ3v) is 5.76. The Kier molecular flexibility index (Phi) is 3.68. The van der Waals surface area contributed by atoms with Crippen molar-refractivity contribution in [3.05, 3.63) is 0 Å². The molecule has 21 heavy (non-hydrogen) atoms. The van der Waals surface area contributed by atoms with Gasteiger partial charge in [-0.3, -0.25) is 4.79 Å². The molecule has 6 heteroatoms. The molecule has 0 spiro atoms. The molecule has 3 rings (SSSR count). The first-order valence-electron chi connectivity index (χ1n) is 7.81. The Labute approximate surface area is 124 Å². The van der Waals surface area contributed by atoms with Gasteiger partial charge in [-0.15, -0.1) is 0 Å². The molecule has 1 amide bonds. The Morgan fingerprint density at radius 3 is 2.67 bits per heavy atom. The molecule has 0 bridgehead atoms. The number of nitriles is 1. The van der Waals surface area contributed by atoms with Crippen LogP contribution in [0.1, 0.15) is 38.5 Å². The Morgan fingerprint density at radius 2 is 2.10 bits per heavy atom. The van der Waals surface area contributed by atoms with Crippen molar-refractivity contribution in [3.63, 3.8) is 0 Å². The summed E-state index contributed by atoms with van der Waals surface area (Å²) in [5.74, 6) is 0.231. The highest BCUT2D eigenvalue weighted by molar-refractivity contribution is 5.84. The number of likely N-dealkylation sites (tertiary alicyclic amines) is 1. The highest BCUT2D eigenvalue weighted by Crippen LogP contribution is 2.50. The molecule has 0 aromatic rings. The number of carbonyl (C=O) groups excluding carboxylic acids is 1. The van der Waals surface area contributed by atoms with Crippen molar-refractivity contribution in [1.29, 1.82) is 5.26 Å². The number of fused-ring (bicyclic) bond motifs is 1. The molecule has 0 radical (unpaired) electrons. The summed E-state index contributed by atoms with van der Waals surface area (Å²) in [6, 6.07) is 1.15. The van der Waals surface area contributed by atoms with Gasteiger partial charge in [-0.2, -0.15) is 5.26 Å². The average molecular weight is 293 g/mol. The summed E-state index contributed by atoms with van der Waals surface area (Å²) >= 11 is 0. The van der Waals surface area contributed by atoms with E-state index in [0.717, 1.165) is 25.7 Å². The summed E-state index contributed by atoms with van der Waals surface area (Å²) in [5, 5.41) is 28.8. The van der Waals surface area contributed by atoms with E-state index < -0.39 is 17.6 Å². The van der Waals surface area contributed by atoms with Crippen LogP contribution in [0.15, 0.2) is 0 Å². The van der Waals surface area contributed by atoms with Crippen LogP contribution in [0, 0.1) is 22.7 Å². The number of hydrogen-bond acceptors (Lipinski definition) is 5. The number of rotatable bonds is 4. The molecule has 3 aliphatic rings. The lowest BCUT2D eigenvalue weighted by atomic mass is 9.73. The zero-order valence-electron chi connectivity index (χ0n) is 12.1. The summed E-state index contributed by atoms with van der Waals surface area (Å²) in [5.41, 5.74) is 5.50. The molecule has 1 heterocycles. The van der Waals surface area contributed by atoms with Crippen LogP contribution in [0.2, 0.25) is 0 Å². The molecular weight excluding hydrogens is 270 g/mol. The van der Waals surface area contributed by atoms with Crippen LogP contribution in [0.5, 0.6) is 0 Å². The lowest BCUT2D eigenvalue weighted by Gasteiger charge is -2.40. The van der Waals surface area contributed by atoms with Crippen molar-refractivity contribution in [3.8, 4) is 6.07 Å². The molecule has 2 aliphatic carbocycles. The summed E-state index contributed by atoms with van der Waals surface area (Å²) in [6.07, 6.45) is 3.86. The average Bonchev–Trinajstić information content (AvgIpc) is 2.94. The second-order valence-corrected chi connectivity index (χ2v) is 6.81. The first-order chi connectivity index (χ1) is 10.0. The maximum Gasteiger partial charge on any atom is 0.241 e. The number of amides is 1. The van der Waals surface area contributed by atoms with Crippen LogP contribution in [0.25, 0.3) is 0 Å². The van der Waals surface area contributed by atoms with Crippen molar-refractivity contribution in [1.82, 2.24) is 4.90 Å². The van der Waals surface area contributed by atoms with Gasteiger partial charge < -0.3 is 20.8 Å². The molecule has 1 aliphatic heterocycles. The van der Waals surface area contributed by atoms with Crippen LogP contribution >= 0.6 is 0 Å². The van der Waals surface area contributed by atoms with Crippen molar-refractivity contribution < 1.29 is 15.0 Å². The number of carbonyl (C=O) groups is 1. The third kappa shape index (κ3) is 2.15. The van der Waals surface area contributed by atoms with Crippen LogP contribution < -0.4 is 5.73 Å². The molecule has 1 saturated heterocycles. The Morgan fingerprint density at radius 1 is 1.43 bits per heavy atom. The molecule has 5 atom stereocenters. The van der Waals surface area contributed by atoms with Gasteiger partial charge in [0.25, 0.3) is 0 Å². The molecule has 4 N–H and O–H groups in total. The fourth-order valence-corrected chi connectivity index (χ4v) is 4.36. The standard InChI is InChI=1S/C15H23N3O3/c16-7-10-5-9-6-11(9)18(10)14(21)13(17)15(12(20)8-19)3-1-2-4-15/h9-13,19-20H,1-6,8,17H2/t9-,10?,11?,12?,13?/m1/s1. The molecule has 3 fully saturated rings. The molecular formula is C15H23N3O3. The van der Waals surface area contributed by atoms with Crippen LogP contribution in [-0.4, -0.2) is 51.9 Å². The summed E-state index contributed by atoms with van der Waals surface area (Å²) in [6.45, 7) is -0.380. The van der Waals surface area contributed by atoms with Crippen LogP contribution in [0.3, 0.4) is 0 Å². The fourth-order valence-electron chi connectivity index (χ4n) is 4.36. The molecule has 0 aromatic heterocycles. The van der Waals surface area contributed by atoms with E-state index in [4.69, 9.17) is 5.73 Å². The van der Waals surface area contributed by atoms with Gasteiger partial charge in [-0.1, -0.05) is 12.8 Å². The summed E-state index contributed by atoms with van der Waals surface area (Å²) in [4.78, 5) is 14.5. The predicted octanol–water partition coefficient (Wildman–Crippen LogP) is -0.260. The lowest BCUT2D eigenvalue weighted by molar-refractivity contribution is -0.140. The molecule has 4 unspecified atom stereocenters. The first-order valence-corrected chi connectivity index (χ1v) is 7.81. The van der Waals surface area contributed by atoms with Gasteiger partial charge in [0.05, 0.1) is 24.8 Å². The number of nitrogens with zero attached hydrogens (tertiary/aromatic N) is 2. The minimum absolute atomic E-state index is 0.165. The van der Waals surface area contributed by atoms with E-state index in [1.54, 1.807) is 4.90 Å². The minimum atomic E-state index is -0.975. The zero-order valence-corrected chi connectivity index (χ0v) is 12.1. The van der Waals surface area contributed by atoms with Gasteiger partial charge in [-0.25, -0.2) is 0 Å². The quantitative estimate of drug-likeness (QED) is 0.661. The molecule has 2 saturated carbocycles. The Balaban J connectivity index is 1.81. The third-order valence-electron chi connectivity index (χ3n) is 5.76. The predicted molar refractivity (Wildman–Crippen MR) is 74.7 cm³/mol. The second kappa shape index (κ2) is 5.24. The van der Waals surface area contributed by atoms with Gasteiger partial charge in [0.2, 0.25) is 5.91 Å². The van der Waals surface area contributed by atoms with E-state index >= 15 is 0 Å². The first kappa shape index (κ1) is 14.8. The van der Waals surface area contributed by atoms with Gasteiger partial charge in [0, 0.05) is 11.5 Å². The summed E-state index contributed by atoms with van der Waals surface area (Å²) < 4.78 is 0. The van der Waals surface area contributed by atoms with E-state index in [0.29, 0.717) is 18.8 Å². The van der Waals surface area contributed by atoms with E-state index in [-0.39, 0.29) is 24.6 Å². The van der Waals surface area contributed by atoms with Gasteiger partial charge in [0.15, 0.2) is 0 Å². The topological polar surface area (TPSA) is 111 Å². The van der Waals surface area contributed by atoms with Crippen LogP contribution in [-0.2, 0) is 4.79 Å². The van der Waals surface area contributed by atoms with E-state index in [9.17, 15) is 20.3 Å². The summed E-state index contributed by atoms with van der Waals surface area (Å²) in [7, 11) is 0. The second-order valence-electron chi connectivity index (χ2n) is 6.81. The normalized spacial score (nSPS) is 35.9. The van der Waals surface area contributed by atoms with Gasteiger partial charge in [-0.05, 0) is 31.6 Å². The molecule has 0 aromatic carbocycles. The largest absolute Gasteiger partial charge is 0.394 e. The SMILES string of the molecule is N#CC1C[C@@H]2CC2N1C(=O)C(N)C1(C(O)CO)CCCC1. The monoisotopic (exact) mass is 293 g/mol. The molecule has 6 nitrogen and oxygen atoms in total. The van der Waals surface area contributed by atoms with E-state index in [1.807, 2.05) is 0 Å². The fraction of sp³-hybridized carbons (Fsp3) is 0.867. The maximum atomic E-state index is 12.8. The number of aliphatic hydroxyl groups excluding tert-OH is 2. The van der Waals surface area contributed by atoms with Crippen molar-refractivity contribution in [2.24, 2.45) is 17.1 Å². The Bertz CT molecular complexity index is 469. The van der Waals surface area contributed by atoms with Crippen molar-refractivity contribution in [2.45, 2.75) is 62.8 Å². The maximum absolute atomic E-state index is 12.8. The van der Waals surface area contributed by atoms with Gasteiger partial charge in [0.1, 0.15) is 6.04 Å². The highest BCUT2D eigenvalue weighted by atomic mass is 16.3. The zero-order chi connectivity index (χ0) is 15.2. The lowest BCUT2D eigenvalue weighted by Crippen LogP contribution is -2.58. The smallest absolute Gasteiger partial charge is 0.241 e. The van der Waals surface area contributed by atoms with E-state index in [1.165, 1.54) is 0 Å². The van der Waals surface area contributed by atoms with Crippen molar-refractivity contribution in [2.75, 3.05) is 6.61 Å². The van der Waals surface area contributed by atoms with Crippen molar-refractivity contribution >= 4 is 5.91 Å². The highest BCUT2D eigenvalue weighted by Gasteiger charge is 2.57. The van der Waals surface area contributed by atoms with E-state index in [2.05, 4.69) is 6.07 Å². The number of nitrogens with two attached hydrogens (primary N) is 1. The number of hydrogen-bond donors (Lipinski definition) is 3. The molecule has 116 valence electrons. The minimum Gasteiger partial charge on any atom is -0.394 e.